The minimum Gasteiger partial charge on any atom is -0.493 e. The van der Waals surface area contributed by atoms with Crippen LogP contribution in [0, 0.1) is 6.92 Å². The van der Waals surface area contributed by atoms with Crippen molar-refractivity contribution in [2.45, 2.75) is 33.1 Å². The zero-order valence-electron chi connectivity index (χ0n) is 15.0. The number of carbonyl (C=O) groups is 1. The van der Waals surface area contributed by atoms with Crippen LogP contribution in [0.5, 0.6) is 11.5 Å². The molecule has 0 fully saturated rings. The minimum absolute atomic E-state index is 0.0431. The van der Waals surface area contributed by atoms with Gasteiger partial charge in [0.15, 0.2) is 11.5 Å². The van der Waals surface area contributed by atoms with Crippen molar-refractivity contribution in [1.82, 2.24) is 0 Å². The van der Waals surface area contributed by atoms with E-state index in [-0.39, 0.29) is 5.91 Å². The summed E-state index contributed by atoms with van der Waals surface area (Å²) in [5.74, 6) is 1.61. The number of nitrogens with one attached hydrogen (secondary N) is 1. The van der Waals surface area contributed by atoms with E-state index in [1.165, 1.54) is 0 Å². The summed E-state index contributed by atoms with van der Waals surface area (Å²) in [5.41, 5.74) is 3.93. The molecule has 0 aliphatic carbocycles. The molecule has 0 unspecified atom stereocenters. The molecular formula is C20H25NO3. The number of benzene rings is 2. The molecule has 2 aromatic rings. The SMILES string of the molecule is COc1cc(C)c(CC(=O)Nc2ccccc2C(C)C)cc1OC. The van der Waals surface area contributed by atoms with Crippen molar-refractivity contribution in [1.29, 1.82) is 0 Å². The van der Waals surface area contributed by atoms with E-state index < -0.39 is 0 Å². The van der Waals surface area contributed by atoms with Gasteiger partial charge in [0.2, 0.25) is 5.91 Å². The van der Waals surface area contributed by atoms with Crippen LogP contribution in [0.2, 0.25) is 0 Å². The summed E-state index contributed by atoms with van der Waals surface area (Å²) < 4.78 is 10.6. The third kappa shape index (κ3) is 4.07. The highest BCUT2D eigenvalue weighted by Crippen LogP contribution is 2.31. The van der Waals surface area contributed by atoms with Crippen LogP contribution < -0.4 is 14.8 Å². The molecule has 1 N–H and O–H groups in total. The molecular weight excluding hydrogens is 302 g/mol. The van der Waals surface area contributed by atoms with Crippen molar-refractivity contribution in [3.63, 3.8) is 0 Å². The van der Waals surface area contributed by atoms with E-state index in [1.807, 2.05) is 43.3 Å². The van der Waals surface area contributed by atoms with Crippen LogP contribution in [0.3, 0.4) is 0 Å². The van der Waals surface area contributed by atoms with E-state index in [4.69, 9.17) is 9.47 Å². The van der Waals surface area contributed by atoms with Gasteiger partial charge in [-0.25, -0.2) is 0 Å². The van der Waals surface area contributed by atoms with Crippen molar-refractivity contribution in [3.05, 3.63) is 53.1 Å². The van der Waals surface area contributed by atoms with Crippen molar-refractivity contribution in [2.24, 2.45) is 0 Å². The Kier molecular flexibility index (Phi) is 5.85. The van der Waals surface area contributed by atoms with E-state index in [0.29, 0.717) is 23.8 Å². The molecule has 0 saturated carbocycles. The van der Waals surface area contributed by atoms with Gasteiger partial charge in [-0.3, -0.25) is 4.79 Å². The standard InChI is InChI=1S/C20H25NO3/c1-13(2)16-8-6-7-9-17(16)21-20(22)12-15-11-19(24-5)18(23-4)10-14(15)3/h6-11,13H,12H2,1-5H3,(H,21,22). The number of hydrogen-bond acceptors (Lipinski definition) is 3. The van der Waals surface area contributed by atoms with Gasteiger partial charge in [-0.1, -0.05) is 32.0 Å². The zero-order valence-corrected chi connectivity index (χ0v) is 15.0. The molecule has 2 aromatic carbocycles. The van der Waals surface area contributed by atoms with E-state index in [0.717, 1.165) is 22.4 Å². The maximum absolute atomic E-state index is 12.5. The first-order valence-corrected chi connectivity index (χ1v) is 8.06. The summed E-state index contributed by atoms with van der Waals surface area (Å²) in [4.78, 5) is 12.5. The third-order valence-electron chi connectivity index (χ3n) is 4.05. The highest BCUT2D eigenvalue weighted by atomic mass is 16.5. The first-order valence-electron chi connectivity index (χ1n) is 8.06. The van der Waals surface area contributed by atoms with Gasteiger partial charge in [0.25, 0.3) is 0 Å². The van der Waals surface area contributed by atoms with Crippen molar-refractivity contribution < 1.29 is 14.3 Å². The zero-order chi connectivity index (χ0) is 17.7. The van der Waals surface area contributed by atoms with Crippen molar-refractivity contribution >= 4 is 11.6 Å². The maximum Gasteiger partial charge on any atom is 0.228 e. The molecule has 0 aromatic heterocycles. The van der Waals surface area contributed by atoms with Crippen molar-refractivity contribution in [3.8, 4) is 11.5 Å². The van der Waals surface area contributed by atoms with Gasteiger partial charge in [0.05, 0.1) is 20.6 Å². The fraction of sp³-hybridized carbons (Fsp3) is 0.350. The molecule has 128 valence electrons. The Bertz CT molecular complexity index is 723. The maximum atomic E-state index is 12.5. The molecule has 0 spiro atoms. The predicted molar refractivity (Wildman–Crippen MR) is 97.1 cm³/mol. The average Bonchev–Trinajstić information content (AvgIpc) is 2.56. The van der Waals surface area contributed by atoms with Gasteiger partial charge in [-0.2, -0.15) is 0 Å². The highest BCUT2D eigenvalue weighted by Gasteiger charge is 2.13. The molecule has 0 aliphatic heterocycles. The van der Waals surface area contributed by atoms with E-state index >= 15 is 0 Å². The second kappa shape index (κ2) is 7.86. The molecule has 0 saturated heterocycles. The number of amides is 1. The number of aryl methyl sites for hydroxylation is 1. The average molecular weight is 327 g/mol. The minimum atomic E-state index is -0.0431. The van der Waals surface area contributed by atoms with Crippen LogP contribution in [0.25, 0.3) is 0 Å². The summed E-state index contributed by atoms with van der Waals surface area (Å²) in [6, 6.07) is 11.7. The lowest BCUT2D eigenvalue weighted by molar-refractivity contribution is -0.115. The van der Waals surface area contributed by atoms with Gasteiger partial charge >= 0.3 is 0 Å². The number of ether oxygens (including phenoxy) is 2. The number of anilines is 1. The first-order chi connectivity index (χ1) is 11.5. The topological polar surface area (TPSA) is 47.6 Å². The van der Waals surface area contributed by atoms with E-state index in [9.17, 15) is 4.79 Å². The lowest BCUT2D eigenvalue weighted by atomic mass is 10.0. The molecule has 0 radical (unpaired) electrons. The normalized spacial score (nSPS) is 10.6. The van der Waals surface area contributed by atoms with Gasteiger partial charge in [0, 0.05) is 5.69 Å². The second-order valence-electron chi connectivity index (χ2n) is 6.10. The van der Waals surface area contributed by atoms with Crippen LogP contribution in [0.1, 0.15) is 36.5 Å². The number of para-hydroxylation sites is 1. The molecule has 0 heterocycles. The molecule has 4 heteroatoms. The summed E-state index contributed by atoms with van der Waals surface area (Å²) in [5, 5.41) is 3.02. The molecule has 4 nitrogen and oxygen atoms in total. The second-order valence-corrected chi connectivity index (χ2v) is 6.10. The molecule has 1 amide bonds. The van der Waals surface area contributed by atoms with Crippen LogP contribution in [0.15, 0.2) is 36.4 Å². The Hall–Kier alpha value is -2.49. The molecule has 0 aliphatic rings. The monoisotopic (exact) mass is 327 g/mol. The smallest absolute Gasteiger partial charge is 0.228 e. The summed E-state index contributed by atoms with van der Waals surface area (Å²) in [6.07, 6.45) is 0.290. The fourth-order valence-corrected chi connectivity index (χ4v) is 2.69. The summed E-state index contributed by atoms with van der Waals surface area (Å²) in [6.45, 7) is 6.19. The predicted octanol–water partition coefficient (Wildman–Crippen LogP) is 4.32. The van der Waals surface area contributed by atoms with E-state index in [1.54, 1.807) is 14.2 Å². The number of rotatable bonds is 6. The Balaban J connectivity index is 2.19. The Morgan fingerprint density at radius 1 is 1.08 bits per heavy atom. The van der Waals surface area contributed by atoms with Gasteiger partial charge in [0.1, 0.15) is 0 Å². The van der Waals surface area contributed by atoms with Crippen LogP contribution >= 0.6 is 0 Å². The van der Waals surface area contributed by atoms with Gasteiger partial charge in [-0.05, 0) is 47.7 Å². The molecule has 24 heavy (non-hydrogen) atoms. The summed E-state index contributed by atoms with van der Waals surface area (Å²) in [7, 11) is 3.20. The molecule has 0 atom stereocenters. The number of methoxy groups -OCH3 is 2. The summed E-state index contributed by atoms with van der Waals surface area (Å²) >= 11 is 0. The largest absolute Gasteiger partial charge is 0.493 e. The first kappa shape index (κ1) is 17.9. The number of hydrogen-bond donors (Lipinski definition) is 1. The third-order valence-corrected chi connectivity index (χ3v) is 4.05. The van der Waals surface area contributed by atoms with Crippen LogP contribution in [-0.2, 0) is 11.2 Å². The fourth-order valence-electron chi connectivity index (χ4n) is 2.69. The highest BCUT2D eigenvalue weighted by molar-refractivity contribution is 5.93. The van der Waals surface area contributed by atoms with Crippen LogP contribution in [0.4, 0.5) is 5.69 Å². The van der Waals surface area contributed by atoms with E-state index in [2.05, 4.69) is 19.2 Å². The van der Waals surface area contributed by atoms with Crippen LogP contribution in [-0.4, -0.2) is 20.1 Å². The lowest BCUT2D eigenvalue weighted by Crippen LogP contribution is -2.16. The van der Waals surface area contributed by atoms with Crippen molar-refractivity contribution in [2.75, 3.05) is 19.5 Å². The molecule has 0 bridgehead atoms. The Labute approximate surface area is 143 Å². The quantitative estimate of drug-likeness (QED) is 0.859. The Morgan fingerprint density at radius 2 is 1.71 bits per heavy atom. The Morgan fingerprint density at radius 3 is 2.33 bits per heavy atom. The van der Waals surface area contributed by atoms with Gasteiger partial charge < -0.3 is 14.8 Å². The lowest BCUT2D eigenvalue weighted by Gasteiger charge is -2.15. The van der Waals surface area contributed by atoms with Gasteiger partial charge in [-0.15, -0.1) is 0 Å². The molecule has 2 rings (SSSR count). The number of carbonyl (C=O) groups excluding carboxylic acids is 1.